The van der Waals surface area contributed by atoms with E-state index in [2.05, 4.69) is 11.9 Å². The van der Waals surface area contributed by atoms with E-state index in [9.17, 15) is 14.4 Å². The van der Waals surface area contributed by atoms with Gasteiger partial charge in [0.05, 0.1) is 14.5 Å². The summed E-state index contributed by atoms with van der Waals surface area (Å²) in [6.45, 7) is 4.39. The zero-order chi connectivity index (χ0) is 24.5. The maximum absolute atomic E-state index is 13.0. The number of carbonyl (C=O) groups is 3. The number of rotatable bonds is 6. The predicted octanol–water partition coefficient (Wildman–Crippen LogP) is 2.37. The average Bonchev–Trinajstić information content (AvgIpc) is 3.18. The van der Waals surface area contributed by atoms with E-state index in [1.165, 1.54) is 0 Å². The normalized spacial score (nSPS) is 23.0. The highest BCUT2D eigenvalue weighted by Crippen LogP contribution is 2.34. The number of benzene rings is 2. The Labute approximate surface area is 199 Å². The van der Waals surface area contributed by atoms with Crippen molar-refractivity contribution in [2.24, 2.45) is 0 Å². The van der Waals surface area contributed by atoms with Crippen molar-refractivity contribution in [1.29, 1.82) is 0 Å². The second-order valence-corrected chi connectivity index (χ2v) is 8.72. The van der Waals surface area contributed by atoms with Crippen LogP contribution < -0.4 is 10.1 Å². The first kappa shape index (κ1) is 20.9. The van der Waals surface area contributed by atoms with Crippen LogP contribution in [0.2, 0.25) is 0 Å². The molecule has 0 radical (unpaired) electrons. The Bertz CT molecular complexity index is 1180. The second kappa shape index (κ2) is 9.30. The van der Waals surface area contributed by atoms with E-state index in [-0.39, 0.29) is 30.9 Å². The maximum atomic E-state index is 13.0. The minimum atomic E-state index is -0.706. The third-order valence-electron chi connectivity index (χ3n) is 6.41. The number of nitrogens with one attached hydrogen (secondary N) is 1. The van der Waals surface area contributed by atoms with Gasteiger partial charge >= 0.3 is 0 Å². The van der Waals surface area contributed by atoms with Crippen LogP contribution in [-0.2, 0) is 34.0 Å². The number of morpholine rings is 1. The van der Waals surface area contributed by atoms with Crippen LogP contribution in [0.3, 0.4) is 0 Å². The van der Waals surface area contributed by atoms with Crippen molar-refractivity contribution in [3.8, 4) is 5.75 Å². The first-order valence-corrected chi connectivity index (χ1v) is 11.3. The quantitative estimate of drug-likeness (QED) is 0.712. The van der Waals surface area contributed by atoms with Crippen LogP contribution >= 0.6 is 0 Å². The monoisotopic (exact) mass is 462 g/mol. The Morgan fingerprint density at radius 1 is 1.15 bits per heavy atom. The molecule has 8 heteroatoms. The number of hydrogen-bond acceptors (Lipinski definition) is 5. The molecule has 2 atom stereocenters. The minimum Gasteiger partial charge on any atom is -0.489 e. The van der Waals surface area contributed by atoms with Gasteiger partial charge < -0.3 is 24.6 Å². The van der Waals surface area contributed by atoms with E-state index < -0.39 is 12.6 Å². The molecule has 5 rings (SSSR count). The molecule has 3 amide bonds. The third kappa shape index (κ3) is 4.41. The molecule has 0 saturated carbocycles. The van der Waals surface area contributed by atoms with Gasteiger partial charge in [0.15, 0.2) is 0 Å². The Kier molecular flexibility index (Phi) is 5.73. The summed E-state index contributed by atoms with van der Waals surface area (Å²) in [5, 5.41) is 2.75. The number of ether oxygens (including phenoxy) is 2. The van der Waals surface area contributed by atoms with Crippen molar-refractivity contribution in [2.75, 3.05) is 19.7 Å². The lowest BCUT2D eigenvalue weighted by molar-refractivity contribution is -0.143. The third-order valence-corrected chi connectivity index (χ3v) is 6.41. The molecule has 2 unspecified atom stereocenters. The van der Waals surface area contributed by atoms with Gasteiger partial charge in [0.2, 0.25) is 11.8 Å². The number of carbonyl (C=O) groups excluding carboxylic acids is 3. The molecule has 0 aliphatic carbocycles. The van der Waals surface area contributed by atoms with Gasteiger partial charge in [-0.1, -0.05) is 36.9 Å². The highest BCUT2D eigenvalue weighted by Gasteiger charge is 2.39. The van der Waals surface area contributed by atoms with E-state index in [1.807, 2.05) is 30.3 Å². The van der Waals surface area contributed by atoms with E-state index in [0.29, 0.717) is 49.5 Å². The summed E-state index contributed by atoms with van der Waals surface area (Å²) in [5.74, 6) is 0.165. The molecular weight excluding hydrogens is 434 g/mol. The van der Waals surface area contributed by atoms with Gasteiger partial charge in [0, 0.05) is 29.9 Å². The van der Waals surface area contributed by atoms with Crippen LogP contribution in [-0.4, -0.2) is 53.3 Å². The van der Waals surface area contributed by atoms with Crippen LogP contribution in [0.15, 0.2) is 54.7 Å². The molecule has 0 spiro atoms. The second-order valence-electron chi connectivity index (χ2n) is 8.72. The van der Waals surface area contributed by atoms with E-state index in [0.717, 1.165) is 16.7 Å². The number of allylic oxidation sites excluding steroid dienone is 1. The molecule has 3 aliphatic heterocycles. The fraction of sp³-hybridized carbons (Fsp3) is 0.346. The van der Waals surface area contributed by atoms with Gasteiger partial charge in [0.25, 0.3) is 5.91 Å². The van der Waals surface area contributed by atoms with E-state index in [4.69, 9.17) is 10.8 Å². The zero-order valence-electron chi connectivity index (χ0n) is 19.8. The molecule has 8 nitrogen and oxygen atoms in total. The Morgan fingerprint density at radius 3 is 2.74 bits per heavy atom. The summed E-state index contributed by atoms with van der Waals surface area (Å²) in [7, 11) is 0. The largest absolute Gasteiger partial charge is 0.489 e. The molecular formula is C26H27N3O5. The van der Waals surface area contributed by atoms with Crippen LogP contribution in [0.5, 0.6) is 5.75 Å². The van der Waals surface area contributed by atoms with Gasteiger partial charge in [-0.2, -0.15) is 0 Å². The Morgan fingerprint density at radius 2 is 1.94 bits per heavy atom. The fourth-order valence-corrected chi connectivity index (χ4v) is 4.51. The predicted molar refractivity (Wildman–Crippen MR) is 124 cm³/mol. The van der Waals surface area contributed by atoms with Crippen molar-refractivity contribution < 1.29 is 25.2 Å². The highest BCUT2D eigenvalue weighted by atomic mass is 16.5. The SMILES string of the molecule is [2H]C1CN(Cc2ccc(COc3cccc4c3CN(C3CCC(=C)NC3=O)C4=O)cc2)C(=O)CO1. The number of fused-ring (bicyclic) bond motifs is 1. The lowest BCUT2D eigenvalue weighted by Crippen LogP contribution is -2.49. The van der Waals surface area contributed by atoms with E-state index >= 15 is 0 Å². The molecule has 2 fully saturated rings. The van der Waals surface area contributed by atoms with Gasteiger partial charge in [-0.25, -0.2) is 0 Å². The molecule has 176 valence electrons. The molecule has 0 bridgehead atoms. The molecule has 2 aromatic carbocycles. The summed E-state index contributed by atoms with van der Waals surface area (Å²) >= 11 is 0. The van der Waals surface area contributed by atoms with Crippen molar-refractivity contribution in [3.05, 3.63) is 77.0 Å². The highest BCUT2D eigenvalue weighted by molar-refractivity contribution is 6.02. The van der Waals surface area contributed by atoms with Crippen LogP contribution in [0.1, 0.15) is 41.3 Å². The molecule has 3 aliphatic rings. The molecule has 2 saturated heterocycles. The van der Waals surface area contributed by atoms with Crippen LogP contribution in [0.4, 0.5) is 0 Å². The fourth-order valence-electron chi connectivity index (χ4n) is 4.51. The zero-order valence-corrected chi connectivity index (χ0v) is 18.8. The summed E-state index contributed by atoms with van der Waals surface area (Å²) in [4.78, 5) is 40.7. The number of nitrogens with zero attached hydrogens (tertiary/aromatic N) is 2. The number of amides is 3. The Balaban J connectivity index is 1.23. The minimum absolute atomic E-state index is 0.0534. The summed E-state index contributed by atoms with van der Waals surface area (Å²) in [5.41, 5.74) is 3.96. The number of piperidine rings is 1. The first-order valence-electron chi connectivity index (χ1n) is 11.9. The summed E-state index contributed by atoms with van der Waals surface area (Å²) < 4.78 is 18.8. The van der Waals surface area contributed by atoms with Crippen molar-refractivity contribution in [2.45, 2.75) is 38.6 Å². The van der Waals surface area contributed by atoms with Crippen LogP contribution in [0, 0.1) is 0 Å². The van der Waals surface area contributed by atoms with Crippen molar-refractivity contribution >= 4 is 17.7 Å². The summed E-state index contributed by atoms with van der Waals surface area (Å²) in [6, 6.07) is 12.7. The number of hydrogen-bond donors (Lipinski definition) is 1. The van der Waals surface area contributed by atoms with Gasteiger partial charge in [-0.3, -0.25) is 14.4 Å². The van der Waals surface area contributed by atoms with Gasteiger partial charge in [-0.05, 0) is 36.1 Å². The molecule has 3 heterocycles. The van der Waals surface area contributed by atoms with Crippen LogP contribution in [0.25, 0.3) is 0 Å². The maximum Gasteiger partial charge on any atom is 0.255 e. The summed E-state index contributed by atoms with van der Waals surface area (Å²) in [6.07, 6.45) is 1.21. The molecule has 34 heavy (non-hydrogen) atoms. The average molecular weight is 463 g/mol. The van der Waals surface area contributed by atoms with Crippen molar-refractivity contribution in [1.82, 2.24) is 15.1 Å². The molecule has 2 aromatic rings. The van der Waals surface area contributed by atoms with Crippen molar-refractivity contribution in [3.63, 3.8) is 0 Å². The lowest BCUT2D eigenvalue weighted by atomic mass is 10.0. The van der Waals surface area contributed by atoms with Gasteiger partial charge in [0.1, 0.15) is 25.0 Å². The topological polar surface area (TPSA) is 88.2 Å². The lowest BCUT2D eigenvalue weighted by Gasteiger charge is -2.31. The van der Waals surface area contributed by atoms with Gasteiger partial charge in [-0.15, -0.1) is 0 Å². The Hall–Kier alpha value is -3.65. The smallest absolute Gasteiger partial charge is 0.255 e. The molecule has 0 aromatic heterocycles. The van der Waals surface area contributed by atoms with E-state index in [1.54, 1.807) is 21.9 Å². The first-order chi connectivity index (χ1) is 16.9. The molecule has 1 N–H and O–H groups in total. The standard InChI is InChI=1S/C26H27N3O5/c1-17-5-10-22(25(31)27-17)29-14-21-20(26(29)32)3-2-4-23(21)34-15-19-8-6-18(7-9-19)13-28-11-12-33-16-24(28)30/h2-4,6-9,22H,1,5,10-16H2,(H,27,31)/i12D.